The lowest BCUT2D eigenvalue weighted by Crippen LogP contribution is -2.41. The number of fused-ring (bicyclic) bond motifs is 1. The number of aromatic nitrogens is 1. The van der Waals surface area contributed by atoms with Gasteiger partial charge >= 0.3 is 6.18 Å². The fraction of sp³-hybridized carbons (Fsp3) is 0.300. The van der Waals surface area contributed by atoms with Gasteiger partial charge in [0.1, 0.15) is 5.52 Å². The van der Waals surface area contributed by atoms with Crippen LogP contribution in [0.3, 0.4) is 0 Å². The van der Waals surface area contributed by atoms with Crippen LogP contribution in [0.4, 0.5) is 22.0 Å². The third-order valence-electron chi connectivity index (χ3n) is 5.29. The van der Waals surface area contributed by atoms with E-state index in [9.17, 15) is 31.9 Å². The van der Waals surface area contributed by atoms with Gasteiger partial charge in [0.2, 0.25) is 5.89 Å². The molecule has 1 aromatic heterocycles. The first-order chi connectivity index (χ1) is 14.1. The van der Waals surface area contributed by atoms with E-state index in [-0.39, 0.29) is 34.7 Å². The standard InChI is InChI=1S/C20H15F5N2O3/c1-27(10-3-2-4-10)19(29)9-5-6-14-13(7-9)26-18(30-14)11-8-12(20(23,24)25)16(22)17(28)15(11)21/h5-8,10,28H,2-4H2,1H3. The van der Waals surface area contributed by atoms with Gasteiger partial charge in [0.15, 0.2) is 23.0 Å². The molecule has 1 fully saturated rings. The van der Waals surface area contributed by atoms with Crippen LogP contribution in [0.1, 0.15) is 35.2 Å². The number of alkyl halides is 3. The Kier molecular flexibility index (Phi) is 4.67. The molecule has 0 bridgehead atoms. The minimum absolute atomic E-state index is 0.0876. The van der Waals surface area contributed by atoms with Crippen molar-refractivity contribution in [2.24, 2.45) is 0 Å². The number of halogens is 5. The summed E-state index contributed by atoms with van der Waals surface area (Å²) < 4.78 is 72.3. The highest BCUT2D eigenvalue weighted by Crippen LogP contribution is 2.40. The topological polar surface area (TPSA) is 66.6 Å². The number of oxazole rings is 1. The molecule has 1 aliphatic carbocycles. The number of phenols is 1. The highest BCUT2D eigenvalue weighted by atomic mass is 19.4. The summed E-state index contributed by atoms with van der Waals surface area (Å²) in [6, 6.07) is 4.57. The summed E-state index contributed by atoms with van der Waals surface area (Å²) in [4.78, 5) is 18.1. The quantitative estimate of drug-likeness (QED) is 0.591. The third-order valence-corrected chi connectivity index (χ3v) is 5.29. The van der Waals surface area contributed by atoms with Crippen molar-refractivity contribution >= 4 is 17.0 Å². The Morgan fingerprint density at radius 3 is 2.50 bits per heavy atom. The molecule has 1 amide bonds. The van der Waals surface area contributed by atoms with Crippen molar-refractivity contribution < 1.29 is 36.3 Å². The van der Waals surface area contributed by atoms with E-state index >= 15 is 0 Å². The maximum absolute atomic E-state index is 14.3. The van der Waals surface area contributed by atoms with Crippen LogP contribution in [-0.4, -0.2) is 34.0 Å². The normalized spacial score (nSPS) is 14.7. The molecule has 4 rings (SSSR count). The zero-order valence-electron chi connectivity index (χ0n) is 15.6. The number of rotatable bonds is 3. The molecule has 0 radical (unpaired) electrons. The van der Waals surface area contributed by atoms with Crippen LogP contribution in [0.5, 0.6) is 5.75 Å². The van der Waals surface area contributed by atoms with Crippen LogP contribution in [0.25, 0.3) is 22.6 Å². The average molecular weight is 426 g/mol. The Morgan fingerprint density at radius 2 is 1.90 bits per heavy atom. The Hall–Kier alpha value is -3.17. The van der Waals surface area contributed by atoms with Gasteiger partial charge in [-0.25, -0.2) is 13.8 Å². The van der Waals surface area contributed by atoms with Gasteiger partial charge in [-0.05, 0) is 43.5 Å². The van der Waals surface area contributed by atoms with Crippen molar-refractivity contribution in [2.75, 3.05) is 7.05 Å². The zero-order valence-corrected chi connectivity index (χ0v) is 15.6. The summed E-state index contributed by atoms with van der Waals surface area (Å²) in [7, 11) is 1.68. The van der Waals surface area contributed by atoms with Crippen LogP contribution in [-0.2, 0) is 6.18 Å². The van der Waals surface area contributed by atoms with Crippen molar-refractivity contribution in [3.8, 4) is 17.2 Å². The molecule has 0 saturated heterocycles. The number of carbonyl (C=O) groups is 1. The summed E-state index contributed by atoms with van der Waals surface area (Å²) in [6.45, 7) is 0. The molecule has 30 heavy (non-hydrogen) atoms. The van der Waals surface area contributed by atoms with E-state index in [1.54, 1.807) is 11.9 Å². The Bertz CT molecular complexity index is 1150. The van der Waals surface area contributed by atoms with Crippen LogP contribution >= 0.6 is 0 Å². The number of aromatic hydroxyl groups is 1. The van der Waals surface area contributed by atoms with Crippen molar-refractivity contribution in [3.63, 3.8) is 0 Å². The molecule has 1 N–H and O–H groups in total. The van der Waals surface area contributed by atoms with Gasteiger partial charge in [-0.3, -0.25) is 4.79 Å². The largest absolute Gasteiger partial charge is 0.503 e. The molecule has 1 aliphatic rings. The molecule has 1 saturated carbocycles. The van der Waals surface area contributed by atoms with Gasteiger partial charge in [-0.2, -0.15) is 13.2 Å². The summed E-state index contributed by atoms with van der Waals surface area (Å²) in [5.41, 5.74) is -2.22. The molecule has 2 aromatic carbocycles. The van der Waals surface area contributed by atoms with Gasteiger partial charge in [-0.15, -0.1) is 0 Å². The monoisotopic (exact) mass is 426 g/mol. The van der Waals surface area contributed by atoms with Crippen LogP contribution in [0.2, 0.25) is 0 Å². The van der Waals surface area contributed by atoms with E-state index in [0.717, 1.165) is 19.3 Å². The Labute approximate surface area is 166 Å². The highest BCUT2D eigenvalue weighted by molar-refractivity contribution is 5.97. The van der Waals surface area contributed by atoms with Crippen molar-refractivity contribution in [3.05, 3.63) is 47.0 Å². The van der Waals surface area contributed by atoms with Gasteiger partial charge in [0, 0.05) is 18.7 Å². The van der Waals surface area contributed by atoms with Crippen LogP contribution < -0.4 is 0 Å². The summed E-state index contributed by atoms with van der Waals surface area (Å²) in [6.07, 6.45) is -2.30. The summed E-state index contributed by atoms with van der Waals surface area (Å²) in [5.74, 6) is -6.36. The number of benzene rings is 2. The molecule has 1 heterocycles. The number of nitrogens with zero attached hydrogens (tertiary/aromatic N) is 2. The molecule has 0 unspecified atom stereocenters. The molecule has 0 aliphatic heterocycles. The van der Waals surface area contributed by atoms with E-state index in [1.807, 2.05) is 0 Å². The molecule has 3 aromatic rings. The van der Waals surface area contributed by atoms with Gasteiger partial charge in [0.25, 0.3) is 5.91 Å². The van der Waals surface area contributed by atoms with Crippen molar-refractivity contribution in [1.29, 1.82) is 0 Å². The maximum Gasteiger partial charge on any atom is 0.419 e. The lowest BCUT2D eigenvalue weighted by Gasteiger charge is -2.34. The molecule has 5 nitrogen and oxygen atoms in total. The summed E-state index contributed by atoms with van der Waals surface area (Å²) >= 11 is 0. The zero-order chi connectivity index (χ0) is 21.8. The highest BCUT2D eigenvalue weighted by Gasteiger charge is 2.38. The van der Waals surface area contributed by atoms with E-state index < -0.39 is 40.6 Å². The average Bonchev–Trinajstić information content (AvgIpc) is 3.06. The predicted octanol–water partition coefficient (Wildman–Crippen LogP) is 5.12. The lowest BCUT2D eigenvalue weighted by molar-refractivity contribution is -0.140. The Balaban J connectivity index is 1.76. The van der Waals surface area contributed by atoms with E-state index in [2.05, 4.69) is 4.98 Å². The number of amides is 1. The van der Waals surface area contributed by atoms with E-state index in [0.29, 0.717) is 0 Å². The molecular weight excluding hydrogens is 411 g/mol. The molecular formula is C20H15F5N2O3. The first-order valence-electron chi connectivity index (χ1n) is 9.04. The smallest absolute Gasteiger partial charge is 0.419 e. The van der Waals surface area contributed by atoms with E-state index in [1.165, 1.54) is 18.2 Å². The molecule has 10 heteroatoms. The van der Waals surface area contributed by atoms with E-state index in [4.69, 9.17) is 4.42 Å². The number of phenolic OH excluding ortho intramolecular Hbond substituents is 1. The fourth-order valence-electron chi connectivity index (χ4n) is 3.30. The van der Waals surface area contributed by atoms with Crippen LogP contribution in [0, 0.1) is 11.6 Å². The van der Waals surface area contributed by atoms with Crippen LogP contribution in [0.15, 0.2) is 28.7 Å². The van der Waals surface area contributed by atoms with Gasteiger partial charge in [-0.1, -0.05) is 0 Å². The first kappa shape index (κ1) is 20.1. The molecule has 158 valence electrons. The Morgan fingerprint density at radius 1 is 1.20 bits per heavy atom. The predicted molar refractivity (Wildman–Crippen MR) is 95.8 cm³/mol. The number of carbonyl (C=O) groups excluding carboxylic acids is 1. The van der Waals surface area contributed by atoms with Crippen molar-refractivity contribution in [2.45, 2.75) is 31.5 Å². The first-order valence-corrected chi connectivity index (χ1v) is 9.04. The molecule has 0 spiro atoms. The number of hydrogen-bond acceptors (Lipinski definition) is 4. The second-order valence-corrected chi connectivity index (χ2v) is 7.15. The molecule has 0 atom stereocenters. The minimum atomic E-state index is -5.16. The fourth-order valence-corrected chi connectivity index (χ4v) is 3.30. The summed E-state index contributed by atoms with van der Waals surface area (Å²) in [5, 5.41) is 9.46. The second kappa shape index (κ2) is 6.96. The van der Waals surface area contributed by atoms with Gasteiger partial charge < -0.3 is 14.4 Å². The SMILES string of the molecule is CN(C(=O)c1ccc2oc(-c3cc(C(F)(F)F)c(F)c(O)c3F)nc2c1)C1CCC1. The van der Waals surface area contributed by atoms with Gasteiger partial charge in [0.05, 0.1) is 11.1 Å². The third kappa shape index (κ3) is 3.25. The second-order valence-electron chi connectivity index (χ2n) is 7.15. The maximum atomic E-state index is 14.3. The minimum Gasteiger partial charge on any atom is -0.503 e. The lowest BCUT2D eigenvalue weighted by atomic mass is 9.91. The number of hydrogen-bond donors (Lipinski definition) is 1. The van der Waals surface area contributed by atoms with Crippen molar-refractivity contribution in [1.82, 2.24) is 9.88 Å².